The molecule has 2 N–H and O–H groups in total. The lowest BCUT2D eigenvalue weighted by atomic mass is 10.0. The quantitative estimate of drug-likeness (QED) is 0.814. The molecule has 0 amide bonds. The number of rotatable bonds is 6. The van der Waals surface area contributed by atoms with Crippen LogP contribution in [0.5, 0.6) is 5.75 Å². The van der Waals surface area contributed by atoms with Gasteiger partial charge in [0, 0.05) is 24.6 Å². The molecule has 0 saturated carbocycles. The highest BCUT2D eigenvalue weighted by atomic mass is 32.2. The lowest BCUT2D eigenvalue weighted by Gasteiger charge is -2.15. The minimum absolute atomic E-state index is 0.0663. The van der Waals surface area contributed by atoms with E-state index in [9.17, 15) is 13.5 Å². The molecule has 6 nitrogen and oxygen atoms in total. The van der Waals surface area contributed by atoms with Gasteiger partial charge in [-0.15, -0.1) is 0 Å². The number of ether oxygens (including phenoxy) is 2. The number of sulfonamides is 1. The van der Waals surface area contributed by atoms with Crippen LogP contribution in [0.4, 0.5) is 0 Å². The van der Waals surface area contributed by atoms with E-state index >= 15 is 0 Å². The molecule has 1 aromatic rings. The van der Waals surface area contributed by atoms with Crippen molar-refractivity contribution >= 4 is 10.0 Å². The summed E-state index contributed by atoms with van der Waals surface area (Å²) in [5, 5.41) is 9.27. The van der Waals surface area contributed by atoms with E-state index < -0.39 is 10.0 Å². The maximum atomic E-state index is 12.3. The van der Waals surface area contributed by atoms with E-state index in [1.54, 1.807) is 6.07 Å². The van der Waals surface area contributed by atoms with Crippen molar-refractivity contribution in [1.29, 1.82) is 0 Å². The third-order valence-electron chi connectivity index (χ3n) is 3.80. The van der Waals surface area contributed by atoms with Gasteiger partial charge in [0.1, 0.15) is 5.75 Å². The lowest BCUT2D eigenvalue weighted by molar-refractivity contribution is 0.107. The van der Waals surface area contributed by atoms with Crippen LogP contribution >= 0.6 is 0 Å². The Kier molecular flexibility index (Phi) is 5.21. The normalized spacial score (nSPS) is 22.4. The van der Waals surface area contributed by atoms with Crippen molar-refractivity contribution in [1.82, 2.24) is 4.72 Å². The first-order chi connectivity index (χ1) is 9.97. The van der Waals surface area contributed by atoms with Gasteiger partial charge in [0.05, 0.1) is 24.7 Å². The van der Waals surface area contributed by atoms with Crippen molar-refractivity contribution in [3.63, 3.8) is 0 Å². The van der Waals surface area contributed by atoms with Gasteiger partial charge in [-0.3, -0.25) is 0 Å². The molecule has 1 aliphatic rings. The second-order valence-corrected chi connectivity index (χ2v) is 6.88. The fraction of sp³-hybridized carbons (Fsp3) is 0.571. The van der Waals surface area contributed by atoms with Gasteiger partial charge < -0.3 is 14.6 Å². The molecule has 118 valence electrons. The zero-order chi connectivity index (χ0) is 15.5. The van der Waals surface area contributed by atoms with Gasteiger partial charge in [-0.05, 0) is 31.5 Å². The second-order valence-electron chi connectivity index (χ2n) is 5.11. The van der Waals surface area contributed by atoms with Crippen molar-refractivity contribution in [3.8, 4) is 5.75 Å². The molecule has 0 aliphatic carbocycles. The molecule has 7 heteroatoms. The summed E-state index contributed by atoms with van der Waals surface area (Å²) in [6.45, 7) is 2.69. The molecule has 1 heterocycles. The minimum Gasteiger partial charge on any atom is -0.496 e. The summed E-state index contributed by atoms with van der Waals surface area (Å²) in [5.41, 5.74) is 0.443. The maximum absolute atomic E-state index is 12.3. The number of nitrogens with one attached hydrogen (secondary N) is 1. The van der Waals surface area contributed by atoms with Crippen LogP contribution in [0.3, 0.4) is 0 Å². The Balaban J connectivity index is 2.11. The van der Waals surface area contributed by atoms with E-state index in [0.717, 1.165) is 6.42 Å². The molecule has 2 rings (SSSR count). The van der Waals surface area contributed by atoms with Crippen LogP contribution < -0.4 is 9.46 Å². The Morgan fingerprint density at radius 1 is 1.48 bits per heavy atom. The Bertz CT molecular complexity index is 587. The predicted octanol–water partition coefficient (Wildman–Crippen LogP) is 0.891. The highest BCUT2D eigenvalue weighted by molar-refractivity contribution is 7.89. The van der Waals surface area contributed by atoms with E-state index in [-0.39, 0.29) is 23.5 Å². The van der Waals surface area contributed by atoms with Gasteiger partial charge in [-0.2, -0.15) is 0 Å². The molecular formula is C14H21NO5S. The molecule has 0 radical (unpaired) electrons. The summed E-state index contributed by atoms with van der Waals surface area (Å²) in [6, 6.07) is 4.44. The zero-order valence-electron chi connectivity index (χ0n) is 12.2. The standard InChI is InChI=1S/C14H21NO5S/c1-10-11(5-6-20-10)8-15-21(17,18)13-3-4-14(19-2)12(7-13)9-16/h3-4,7,10-11,15-16H,5-6,8-9H2,1-2H3. The van der Waals surface area contributed by atoms with Crippen molar-refractivity contribution in [3.05, 3.63) is 23.8 Å². The van der Waals surface area contributed by atoms with Gasteiger partial charge in [0.25, 0.3) is 0 Å². The summed E-state index contributed by atoms with van der Waals surface area (Å²) >= 11 is 0. The molecule has 1 aromatic carbocycles. The molecule has 1 fully saturated rings. The third-order valence-corrected chi connectivity index (χ3v) is 5.22. The molecule has 0 bridgehead atoms. The van der Waals surface area contributed by atoms with Crippen LogP contribution in [0, 0.1) is 5.92 Å². The van der Waals surface area contributed by atoms with E-state index in [0.29, 0.717) is 24.5 Å². The number of hydrogen-bond donors (Lipinski definition) is 2. The van der Waals surface area contributed by atoms with Crippen LogP contribution in [0.2, 0.25) is 0 Å². The van der Waals surface area contributed by atoms with E-state index in [1.807, 2.05) is 6.92 Å². The average Bonchev–Trinajstić information content (AvgIpc) is 2.89. The van der Waals surface area contributed by atoms with Crippen LogP contribution in [0.25, 0.3) is 0 Å². The Morgan fingerprint density at radius 3 is 2.81 bits per heavy atom. The van der Waals surface area contributed by atoms with E-state index in [2.05, 4.69) is 4.72 Å². The lowest BCUT2D eigenvalue weighted by Crippen LogP contribution is -2.32. The maximum Gasteiger partial charge on any atom is 0.240 e. The van der Waals surface area contributed by atoms with Gasteiger partial charge in [0.15, 0.2) is 0 Å². The Hall–Kier alpha value is -1.15. The molecule has 0 aromatic heterocycles. The molecule has 1 saturated heterocycles. The number of benzene rings is 1. The fourth-order valence-electron chi connectivity index (χ4n) is 2.39. The number of aliphatic hydroxyl groups excluding tert-OH is 1. The summed E-state index contributed by atoms with van der Waals surface area (Å²) in [5.74, 6) is 0.657. The zero-order valence-corrected chi connectivity index (χ0v) is 13.0. The first-order valence-corrected chi connectivity index (χ1v) is 8.35. The average molecular weight is 315 g/mol. The van der Waals surface area contributed by atoms with Crippen LogP contribution in [0.1, 0.15) is 18.9 Å². The summed E-state index contributed by atoms with van der Waals surface area (Å²) in [4.78, 5) is 0.124. The smallest absolute Gasteiger partial charge is 0.240 e. The highest BCUT2D eigenvalue weighted by Crippen LogP contribution is 2.23. The van der Waals surface area contributed by atoms with E-state index in [1.165, 1.54) is 19.2 Å². The first kappa shape index (κ1) is 16.2. The third kappa shape index (κ3) is 3.74. The molecular weight excluding hydrogens is 294 g/mol. The Morgan fingerprint density at radius 2 is 2.24 bits per heavy atom. The number of aliphatic hydroxyl groups is 1. The number of methoxy groups -OCH3 is 1. The van der Waals surface area contributed by atoms with Crippen molar-refractivity contribution < 1.29 is 23.0 Å². The van der Waals surface area contributed by atoms with Gasteiger partial charge in [-0.25, -0.2) is 13.1 Å². The molecule has 21 heavy (non-hydrogen) atoms. The molecule has 0 spiro atoms. The SMILES string of the molecule is COc1ccc(S(=O)(=O)NCC2CCOC2C)cc1CO. The van der Waals surface area contributed by atoms with Gasteiger partial charge in [0.2, 0.25) is 10.0 Å². The summed E-state index contributed by atoms with van der Waals surface area (Å²) < 4.78 is 37.7. The first-order valence-electron chi connectivity index (χ1n) is 6.87. The molecule has 1 aliphatic heterocycles. The van der Waals surface area contributed by atoms with Gasteiger partial charge in [-0.1, -0.05) is 0 Å². The largest absolute Gasteiger partial charge is 0.496 e. The van der Waals surface area contributed by atoms with Gasteiger partial charge >= 0.3 is 0 Å². The van der Waals surface area contributed by atoms with E-state index in [4.69, 9.17) is 9.47 Å². The predicted molar refractivity (Wildman–Crippen MR) is 77.6 cm³/mol. The fourth-order valence-corrected chi connectivity index (χ4v) is 3.53. The minimum atomic E-state index is -3.60. The van der Waals surface area contributed by atoms with Crippen molar-refractivity contribution in [2.75, 3.05) is 20.3 Å². The monoisotopic (exact) mass is 315 g/mol. The van der Waals surface area contributed by atoms with Crippen LogP contribution in [0.15, 0.2) is 23.1 Å². The highest BCUT2D eigenvalue weighted by Gasteiger charge is 2.26. The van der Waals surface area contributed by atoms with Crippen LogP contribution in [-0.4, -0.2) is 39.9 Å². The van der Waals surface area contributed by atoms with Crippen LogP contribution in [-0.2, 0) is 21.4 Å². The van der Waals surface area contributed by atoms with Crippen molar-refractivity contribution in [2.24, 2.45) is 5.92 Å². The number of hydrogen-bond acceptors (Lipinski definition) is 5. The van der Waals surface area contributed by atoms with Crippen molar-refractivity contribution in [2.45, 2.75) is 31.0 Å². The second kappa shape index (κ2) is 6.74. The molecule has 2 unspecified atom stereocenters. The summed E-state index contributed by atoms with van der Waals surface area (Å²) in [7, 11) is -2.13. The molecule has 2 atom stereocenters. The Labute approximate surface area is 125 Å². The topological polar surface area (TPSA) is 84.9 Å². The summed E-state index contributed by atoms with van der Waals surface area (Å²) in [6.07, 6.45) is 0.922.